The minimum atomic E-state index is -4.48. The molecule has 16 heavy (non-hydrogen) atoms. The van der Waals surface area contributed by atoms with Gasteiger partial charge in [-0.3, -0.25) is 10.1 Å². The fourth-order valence-corrected chi connectivity index (χ4v) is 1.43. The summed E-state index contributed by atoms with van der Waals surface area (Å²) in [5, 5.41) is 10.5. The molecule has 0 aromatic heterocycles. The number of alkyl halides is 3. The quantitative estimate of drug-likeness (QED) is 0.635. The van der Waals surface area contributed by atoms with E-state index in [0.29, 0.717) is 0 Å². The predicted octanol–water partition coefficient (Wildman–Crippen LogP) is 3.30. The van der Waals surface area contributed by atoms with Gasteiger partial charge in [0.1, 0.15) is 10.2 Å². The van der Waals surface area contributed by atoms with Crippen molar-refractivity contribution < 1.29 is 22.8 Å². The van der Waals surface area contributed by atoms with Crippen LogP contribution in [0.1, 0.15) is 0 Å². The highest BCUT2D eigenvalue weighted by molar-refractivity contribution is 9.10. The summed E-state index contributed by atoms with van der Waals surface area (Å²) in [6, 6.07) is 3.61. The van der Waals surface area contributed by atoms with Gasteiger partial charge in [-0.15, -0.1) is 0 Å². The largest absolute Gasteiger partial charge is 0.483 e. The Hall–Kier alpha value is -1.31. The van der Waals surface area contributed by atoms with Gasteiger partial charge in [0.05, 0.1) is 4.92 Å². The molecule has 0 saturated heterocycles. The zero-order valence-corrected chi connectivity index (χ0v) is 9.21. The summed E-state index contributed by atoms with van der Waals surface area (Å²) in [5.41, 5.74) is -0.348. The Morgan fingerprint density at radius 1 is 1.44 bits per heavy atom. The first-order valence-electron chi connectivity index (χ1n) is 3.94. The summed E-state index contributed by atoms with van der Waals surface area (Å²) >= 11 is 2.82. The van der Waals surface area contributed by atoms with Gasteiger partial charge in [-0.2, -0.15) is 13.2 Å². The molecule has 0 bridgehead atoms. The second-order valence-electron chi connectivity index (χ2n) is 2.75. The maximum atomic E-state index is 11.9. The number of nitrogens with zero attached hydrogens (tertiary/aromatic N) is 1. The molecule has 4 nitrogen and oxygen atoms in total. The SMILES string of the molecule is O=[N+]([O-])c1cccc(OCC(F)(F)F)c1Br. The van der Waals surface area contributed by atoms with E-state index in [1.807, 2.05) is 0 Å². The topological polar surface area (TPSA) is 52.4 Å². The third-order valence-electron chi connectivity index (χ3n) is 1.53. The molecule has 0 aliphatic carbocycles. The van der Waals surface area contributed by atoms with Gasteiger partial charge in [0.25, 0.3) is 5.69 Å². The number of hydrogen-bond acceptors (Lipinski definition) is 3. The van der Waals surface area contributed by atoms with Gasteiger partial charge in [-0.25, -0.2) is 0 Å². The number of benzene rings is 1. The fourth-order valence-electron chi connectivity index (χ4n) is 0.911. The Morgan fingerprint density at radius 3 is 2.56 bits per heavy atom. The van der Waals surface area contributed by atoms with E-state index in [4.69, 9.17) is 0 Å². The van der Waals surface area contributed by atoms with Gasteiger partial charge in [0.15, 0.2) is 6.61 Å². The molecule has 0 N–H and O–H groups in total. The molecule has 0 spiro atoms. The highest BCUT2D eigenvalue weighted by Crippen LogP contribution is 2.34. The number of hydrogen-bond donors (Lipinski definition) is 0. The van der Waals surface area contributed by atoms with Crippen molar-refractivity contribution in [2.75, 3.05) is 6.61 Å². The number of nitro groups is 1. The van der Waals surface area contributed by atoms with E-state index in [-0.39, 0.29) is 15.9 Å². The standard InChI is InChI=1S/C8H5BrF3NO3/c9-7-5(13(14)15)2-1-3-6(7)16-4-8(10,11)12/h1-3H,4H2. The van der Waals surface area contributed by atoms with Crippen LogP contribution < -0.4 is 4.74 Å². The molecule has 0 heterocycles. The van der Waals surface area contributed by atoms with Crippen molar-refractivity contribution in [2.24, 2.45) is 0 Å². The third-order valence-corrected chi connectivity index (χ3v) is 2.33. The maximum absolute atomic E-state index is 11.9. The van der Waals surface area contributed by atoms with E-state index >= 15 is 0 Å². The average molecular weight is 300 g/mol. The van der Waals surface area contributed by atoms with Crippen LogP contribution in [-0.2, 0) is 0 Å². The van der Waals surface area contributed by atoms with E-state index in [1.165, 1.54) is 12.1 Å². The van der Waals surface area contributed by atoms with Gasteiger partial charge < -0.3 is 4.74 Å². The highest BCUT2D eigenvalue weighted by atomic mass is 79.9. The summed E-state index contributed by atoms with van der Waals surface area (Å²) in [6.07, 6.45) is -4.48. The Labute approximate surface area is 96.3 Å². The van der Waals surface area contributed by atoms with Crippen LogP contribution in [0.5, 0.6) is 5.75 Å². The zero-order valence-electron chi connectivity index (χ0n) is 7.62. The normalized spacial score (nSPS) is 11.2. The van der Waals surface area contributed by atoms with Crippen LogP contribution in [0, 0.1) is 10.1 Å². The van der Waals surface area contributed by atoms with E-state index in [0.717, 1.165) is 6.07 Å². The smallest absolute Gasteiger partial charge is 0.422 e. The molecule has 0 aliphatic heterocycles. The summed E-state index contributed by atoms with van der Waals surface area (Å²) in [7, 11) is 0. The number of rotatable bonds is 3. The maximum Gasteiger partial charge on any atom is 0.422 e. The molecule has 0 fully saturated rings. The van der Waals surface area contributed by atoms with Crippen LogP contribution in [0.25, 0.3) is 0 Å². The van der Waals surface area contributed by atoms with Crippen LogP contribution in [0.15, 0.2) is 22.7 Å². The third kappa shape index (κ3) is 3.37. The van der Waals surface area contributed by atoms with E-state index in [2.05, 4.69) is 20.7 Å². The van der Waals surface area contributed by atoms with Crippen molar-refractivity contribution in [1.82, 2.24) is 0 Å². The lowest BCUT2D eigenvalue weighted by molar-refractivity contribution is -0.385. The summed E-state index contributed by atoms with van der Waals surface area (Å²) < 4.78 is 39.9. The van der Waals surface area contributed by atoms with Gasteiger partial charge in [-0.05, 0) is 22.0 Å². The molecule has 0 amide bonds. The first-order chi connectivity index (χ1) is 7.31. The van der Waals surface area contributed by atoms with Crippen molar-refractivity contribution in [1.29, 1.82) is 0 Å². The zero-order chi connectivity index (χ0) is 12.3. The van der Waals surface area contributed by atoms with E-state index in [1.54, 1.807) is 0 Å². The Bertz CT molecular complexity index is 408. The van der Waals surface area contributed by atoms with E-state index in [9.17, 15) is 23.3 Å². The van der Waals surface area contributed by atoms with Gasteiger partial charge in [-0.1, -0.05) is 6.07 Å². The van der Waals surface area contributed by atoms with Crippen molar-refractivity contribution in [2.45, 2.75) is 6.18 Å². The molecule has 0 aliphatic rings. The first kappa shape index (κ1) is 12.8. The molecule has 0 radical (unpaired) electrons. The molecule has 1 aromatic carbocycles. The second-order valence-corrected chi connectivity index (χ2v) is 3.54. The van der Waals surface area contributed by atoms with Crippen LogP contribution in [0.3, 0.4) is 0 Å². The monoisotopic (exact) mass is 299 g/mol. The van der Waals surface area contributed by atoms with Gasteiger partial charge in [0.2, 0.25) is 0 Å². The lowest BCUT2D eigenvalue weighted by atomic mass is 10.3. The predicted molar refractivity (Wildman–Crippen MR) is 52.3 cm³/mol. The lowest BCUT2D eigenvalue weighted by Crippen LogP contribution is -2.19. The van der Waals surface area contributed by atoms with Crippen LogP contribution >= 0.6 is 15.9 Å². The van der Waals surface area contributed by atoms with Crippen molar-refractivity contribution in [3.8, 4) is 5.75 Å². The first-order valence-corrected chi connectivity index (χ1v) is 4.73. The minimum absolute atomic E-state index is 0.107. The fraction of sp³-hybridized carbons (Fsp3) is 0.250. The molecule has 0 saturated carbocycles. The molecule has 1 aromatic rings. The summed E-state index contributed by atoms with van der Waals surface area (Å²) in [6.45, 7) is -1.49. The van der Waals surface area contributed by atoms with Crippen molar-refractivity contribution in [3.05, 3.63) is 32.8 Å². The molecule has 88 valence electrons. The lowest BCUT2D eigenvalue weighted by Gasteiger charge is -2.10. The van der Waals surface area contributed by atoms with E-state index < -0.39 is 17.7 Å². The molecular weight excluding hydrogens is 295 g/mol. The molecule has 0 unspecified atom stereocenters. The van der Waals surface area contributed by atoms with Gasteiger partial charge >= 0.3 is 6.18 Å². The summed E-state index contributed by atoms with van der Waals surface area (Å²) in [4.78, 5) is 9.76. The average Bonchev–Trinajstić information content (AvgIpc) is 2.14. The second kappa shape index (κ2) is 4.69. The van der Waals surface area contributed by atoms with Crippen molar-refractivity contribution in [3.63, 3.8) is 0 Å². The number of nitro benzene ring substituents is 1. The van der Waals surface area contributed by atoms with Crippen LogP contribution in [0.2, 0.25) is 0 Å². The van der Waals surface area contributed by atoms with Crippen LogP contribution in [-0.4, -0.2) is 17.7 Å². The summed E-state index contributed by atoms with van der Waals surface area (Å²) in [5.74, 6) is -0.216. The Morgan fingerprint density at radius 2 is 2.06 bits per heavy atom. The molecule has 0 atom stereocenters. The van der Waals surface area contributed by atoms with Crippen molar-refractivity contribution >= 4 is 21.6 Å². The number of ether oxygens (including phenoxy) is 1. The highest BCUT2D eigenvalue weighted by Gasteiger charge is 2.29. The van der Waals surface area contributed by atoms with Crippen LogP contribution in [0.4, 0.5) is 18.9 Å². The minimum Gasteiger partial charge on any atom is -0.483 e. The Balaban J connectivity index is 2.90. The Kier molecular flexibility index (Phi) is 3.74. The molecule has 1 rings (SSSR count). The van der Waals surface area contributed by atoms with Gasteiger partial charge in [0, 0.05) is 6.07 Å². The molecule has 8 heteroatoms. The molecular formula is C8H5BrF3NO3. The number of halogens is 4.